The van der Waals surface area contributed by atoms with Crippen LogP contribution in [0, 0.1) is 0 Å². The molecule has 0 saturated heterocycles. The second-order valence-corrected chi connectivity index (χ2v) is 4.59. The van der Waals surface area contributed by atoms with E-state index in [4.69, 9.17) is 5.73 Å². The van der Waals surface area contributed by atoms with Crippen LogP contribution in [-0.2, 0) is 11.3 Å². The topological polar surface area (TPSA) is 77.0 Å². The summed E-state index contributed by atoms with van der Waals surface area (Å²) in [4.78, 5) is 18.1. The van der Waals surface area contributed by atoms with E-state index in [9.17, 15) is 4.79 Å². The average Bonchev–Trinajstić information content (AvgIpc) is 3.00. The molecule has 1 unspecified atom stereocenters. The predicted molar refractivity (Wildman–Crippen MR) is 75.6 cm³/mol. The lowest BCUT2D eigenvalue weighted by molar-refractivity contribution is -0.135. The Bertz CT molecular complexity index is 526. The third-order valence-electron chi connectivity index (χ3n) is 3.12. The minimum absolute atomic E-state index is 0.00944. The fraction of sp³-hybridized carbons (Fsp3) is 0.357. The van der Waals surface area contributed by atoms with E-state index >= 15 is 0 Å². The third kappa shape index (κ3) is 3.42. The Morgan fingerprint density at radius 3 is 2.75 bits per heavy atom. The molecule has 1 amide bonds. The van der Waals surface area contributed by atoms with Crippen molar-refractivity contribution in [3.8, 4) is 0 Å². The summed E-state index contributed by atoms with van der Waals surface area (Å²) in [6.45, 7) is 3.32. The van der Waals surface area contributed by atoms with E-state index in [-0.39, 0.29) is 11.9 Å². The Kier molecular flexibility index (Phi) is 4.84. The molecule has 0 bridgehead atoms. The van der Waals surface area contributed by atoms with Crippen molar-refractivity contribution in [2.24, 2.45) is 5.73 Å². The Morgan fingerprint density at radius 1 is 1.40 bits per heavy atom. The van der Waals surface area contributed by atoms with Crippen molar-refractivity contribution in [3.63, 3.8) is 0 Å². The molecule has 6 nitrogen and oxygen atoms in total. The van der Waals surface area contributed by atoms with Crippen molar-refractivity contribution in [2.75, 3.05) is 13.1 Å². The summed E-state index contributed by atoms with van der Waals surface area (Å²) >= 11 is 0. The highest BCUT2D eigenvalue weighted by Crippen LogP contribution is 2.11. The van der Waals surface area contributed by atoms with Gasteiger partial charge in [-0.3, -0.25) is 4.79 Å². The van der Waals surface area contributed by atoms with E-state index in [0.29, 0.717) is 19.6 Å². The van der Waals surface area contributed by atoms with Gasteiger partial charge in [0.1, 0.15) is 18.7 Å². The number of benzene rings is 1. The van der Waals surface area contributed by atoms with Crippen LogP contribution in [0.2, 0.25) is 0 Å². The molecular formula is C14H19N5O. The van der Waals surface area contributed by atoms with Crippen LogP contribution in [0.4, 0.5) is 0 Å². The van der Waals surface area contributed by atoms with E-state index in [1.807, 2.05) is 37.3 Å². The van der Waals surface area contributed by atoms with E-state index in [1.54, 1.807) is 15.9 Å². The van der Waals surface area contributed by atoms with Crippen LogP contribution in [0.5, 0.6) is 0 Å². The maximum atomic E-state index is 12.5. The molecule has 2 N–H and O–H groups in total. The highest BCUT2D eigenvalue weighted by Gasteiger charge is 2.22. The first-order chi connectivity index (χ1) is 9.72. The highest BCUT2D eigenvalue weighted by molar-refractivity contribution is 5.80. The standard InChI is InChI=1S/C14H19N5O/c1-12(19-11-16-10-17-19)14(20)18(8-7-15)9-13-5-3-2-4-6-13/h2-6,10-12H,7-9,15H2,1H3. The lowest BCUT2D eigenvalue weighted by atomic mass is 10.2. The quantitative estimate of drug-likeness (QED) is 0.845. The van der Waals surface area contributed by atoms with Gasteiger partial charge in [0.25, 0.3) is 0 Å². The van der Waals surface area contributed by atoms with E-state index in [0.717, 1.165) is 5.56 Å². The fourth-order valence-corrected chi connectivity index (χ4v) is 2.02. The van der Waals surface area contributed by atoms with Gasteiger partial charge in [0.05, 0.1) is 0 Å². The summed E-state index contributed by atoms with van der Waals surface area (Å²) in [6.07, 6.45) is 2.97. The number of nitrogens with zero attached hydrogens (tertiary/aromatic N) is 4. The van der Waals surface area contributed by atoms with Crippen LogP contribution >= 0.6 is 0 Å². The number of hydrogen-bond donors (Lipinski definition) is 1. The van der Waals surface area contributed by atoms with Crippen molar-refractivity contribution in [2.45, 2.75) is 19.5 Å². The first-order valence-electron chi connectivity index (χ1n) is 6.59. The maximum absolute atomic E-state index is 12.5. The molecule has 0 aliphatic carbocycles. The molecule has 0 aliphatic rings. The number of carbonyl (C=O) groups is 1. The van der Waals surface area contributed by atoms with Gasteiger partial charge in [0.15, 0.2) is 0 Å². The van der Waals surface area contributed by atoms with Crippen LogP contribution < -0.4 is 5.73 Å². The zero-order valence-electron chi connectivity index (χ0n) is 11.5. The predicted octanol–water partition coefficient (Wildman–Crippen LogP) is 0.827. The molecule has 1 aromatic heterocycles. The van der Waals surface area contributed by atoms with Crippen molar-refractivity contribution < 1.29 is 4.79 Å². The molecule has 1 aromatic carbocycles. The first kappa shape index (κ1) is 14.2. The summed E-state index contributed by atoms with van der Waals surface area (Å²) in [7, 11) is 0. The maximum Gasteiger partial charge on any atom is 0.247 e. The van der Waals surface area contributed by atoms with E-state index in [1.165, 1.54) is 6.33 Å². The second-order valence-electron chi connectivity index (χ2n) is 4.59. The molecular weight excluding hydrogens is 254 g/mol. The van der Waals surface area contributed by atoms with Crippen molar-refractivity contribution in [1.29, 1.82) is 0 Å². The molecule has 0 saturated carbocycles. The second kappa shape index (κ2) is 6.81. The summed E-state index contributed by atoms with van der Waals surface area (Å²) in [6, 6.07) is 9.49. The molecule has 106 valence electrons. The summed E-state index contributed by atoms with van der Waals surface area (Å²) in [5.41, 5.74) is 6.69. The summed E-state index contributed by atoms with van der Waals surface area (Å²) in [5.74, 6) is -0.00944. The lowest BCUT2D eigenvalue weighted by Crippen LogP contribution is -2.39. The minimum Gasteiger partial charge on any atom is -0.335 e. The molecule has 1 heterocycles. The van der Waals surface area contributed by atoms with Crippen LogP contribution in [0.15, 0.2) is 43.0 Å². The zero-order valence-corrected chi connectivity index (χ0v) is 11.5. The average molecular weight is 273 g/mol. The number of rotatable bonds is 6. The van der Waals surface area contributed by atoms with Gasteiger partial charge in [-0.2, -0.15) is 5.10 Å². The lowest BCUT2D eigenvalue weighted by Gasteiger charge is -2.25. The van der Waals surface area contributed by atoms with E-state index in [2.05, 4.69) is 10.1 Å². The Morgan fingerprint density at radius 2 is 2.15 bits per heavy atom. The number of nitrogens with two attached hydrogens (primary N) is 1. The van der Waals surface area contributed by atoms with Gasteiger partial charge in [-0.15, -0.1) is 0 Å². The van der Waals surface area contributed by atoms with Crippen LogP contribution in [0.3, 0.4) is 0 Å². The summed E-state index contributed by atoms with van der Waals surface area (Å²) < 4.78 is 1.55. The molecule has 0 aliphatic heterocycles. The van der Waals surface area contributed by atoms with Crippen LogP contribution in [0.1, 0.15) is 18.5 Å². The van der Waals surface area contributed by atoms with Crippen molar-refractivity contribution in [3.05, 3.63) is 48.5 Å². The fourth-order valence-electron chi connectivity index (χ4n) is 2.02. The Hall–Kier alpha value is -2.21. The van der Waals surface area contributed by atoms with Gasteiger partial charge >= 0.3 is 0 Å². The van der Waals surface area contributed by atoms with Crippen LogP contribution in [0.25, 0.3) is 0 Å². The van der Waals surface area contributed by atoms with Crippen molar-refractivity contribution in [1.82, 2.24) is 19.7 Å². The molecule has 0 radical (unpaired) electrons. The third-order valence-corrected chi connectivity index (χ3v) is 3.12. The molecule has 20 heavy (non-hydrogen) atoms. The van der Waals surface area contributed by atoms with Gasteiger partial charge in [0, 0.05) is 19.6 Å². The van der Waals surface area contributed by atoms with Gasteiger partial charge in [-0.25, -0.2) is 9.67 Å². The molecule has 2 rings (SSSR count). The largest absolute Gasteiger partial charge is 0.335 e. The number of carbonyl (C=O) groups excluding carboxylic acids is 1. The number of amides is 1. The number of aromatic nitrogens is 3. The Labute approximate surface area is 118 Å². The molecule has 1 atom stereocenters. The molecule has 6 heteroatoms. The van der Waals surface area contributed by atoms with Gasteiger partial charge < -0.3 is 10.6 Å². The summed E-state index contributed by atoms with van der Waals surface area (Å²) in [5, 5.41) is 4.01. The van der Waals surface area contributed by atoms with Gasteiger partial charge in [0.2, 0.25) is 5.91 Å². The van der Waals surface area contributed by atoms with Gasteiger partial charge in [-0.05, 0) is 12.5 Å². The molecule has 0 spiro atoms. The molecule has 0 fully saturated rings. The molecule has 2 aromatic rings. The minimum atomic E-state index is -0.382. The van der Waals surface area contributed by atoms with E-state index < -0.39 is 0 Å². The van der Waals surface area contributed by atoms with Crippen molar-refractivity contribution >= 4 is 5.91 Å². The Balaban J connectivity index is 2.09. The first-order valence-corrected chi connectivity index (χ1v) is 6.59. The highest BCUT2D eigenvalue weighted by atomic mass is 16.2. The van der Waals surface area contributed by atoms with Crippen LogP contribution in [-0.4, -0.2) is 38.7 Å². The number of hydrogen-bond acceptors (Lipinski definition) is 4. The smallest absolute Gasteiger partial charge is 0.247 e. The SMILES string of the molecule is CC(C(=O)N(CCN)Cc1ccccc1)n1cncn1. The van der Waals surface area contributed by atoms with Gasteiger partial charge in [-0.1, -0.05) is 30.3 Å². The normalized spacial score (nSPS) is 12.1. The monoisotopic (exact) mass is 273 g/mol. The zero-order chi connectivity index (χ0) is 14.4.